The molecule has 196 valence electrons. The average Bonchev–Trinajstić information content (AvgIpc) is 3.26. The minimum Gasteiger partial charge on any atom is -0.508 e. The lowest BCUT2D eigenvalue weighted by atomic mass is 9.98. The van der Waals surface area contributed by atoms with Gasteiger partial charge in [-0.1, -0.05) is 31.2 Å². The zero-order chi connectivity index (χ0) is 27.3. The molecule has 1 unspecified atom stereocenters. The largest absolute Gasteiger partial charge is 0.508 e. The highest BCUT2D eigenvalue weighted by atomic mass is 32.1. The van der Waals surface area contributed by atoms with Crippen LogP contribution in [0, 0.1) is 0 Å². The number of primary amides is 1. The van der Waals surface area contributed by atoms with Crippen molar-refractivity contribution in [3.63, 3.8) is 0 Å². The van der Waals surface area contributed by atoms with Gasteiger partial charge in [0, 0.05) is 12.1 Å². The van der Waals surface area contributed by atoms with Crippen LogP contribution < -0.4 is 21.5 Å². The van der Waals surface area contributed by atoms with E-state index >= 15 is 0 Å². The molecule has 1 heterocycles. The number of rotatable bonds is 10. The molecule has 0 spiro atoms. The fraction of sp³-hybridized carbons (Fsp3) is 0.308. The number of carbonyl (C=O) groups is 3. The summed E-state index contributed by atoms with van der Waals surface area (Å²) in [5.74, 6) is -1.22. The normalized spacial score (nSPS) is 12.0. The van der Waals surface area contributed by atoms with Crippen LogP contribution in [0.25, 0.3) is 0 Å². The van der Waals surface area contributed by atoms with Crippen molar-refractivity contribution in [3.8, 4) is 11.5 Å². The fourth-order valence-electron chi connectivity index (χ4n) is 3.59. The molecule has 0 radical (unpaired) electrons. The number of nitrogen functional groups attached to an aromatic ring is 1. The molecule has 6 N–H and O–H groups in total. The Balaban J connectivity index is 2.15. The number of nitrogens with one attached hydrogen (secondary N) is 1. The monoisotopic (exact) mass is 525 g/mol. The van der Waals surface area contributed by atoms with E-state index in [0.29, 0.717) is 17.7 Å². The first-order valence-corrected chi connectivity index (χ1v) is 12.3. The lowest BCUT2D eigenvalue weighted by Crippen LogP contribution is -2.50. The molecule has 1 aromatic heterocycles. The van der Waals surface area contributed by atoms with Gasteiger partial charge in [-0.15, -0.1) is 0 Å². The molecule has 2 aromatic carbocycles. The Morgan fingerprint density at radius 2 is 1.76 bits per heavy atom. The van der Waals surface area contributed by atoms with Crippen LogP contribution in [0.2, 0.25) is 0 Å². The number of aromatic hydroxyl groups is 1. The second kappa shape index (κ2) is 11.3. The number of carbonyl (C=O) groups excluding carboxylic acids is 3. The summed E-state index contributed by atoms with van der Waals surface area (Å²) < 4.78 is 9.18. The van der Waals surface area contributed by atoms with Gasteiger partial charge in [0.2, 0.25) is 5.91 Å². The number of aromatic nitrogens is 1. The zero-order valence-electron chi connectivity index (χ0n) is 21.1. The zero-order valence-corrected chi connectivity index (χ0v) is 22.0. The highest BCUT2D eigenvalue weighted by Crippen LogP contribution is 2.31. The molecule has 3 aromatic rings. The summed E-state index contributed by atoms with van der Waals surface area (Å²) in [6.07, 6.45) is 0.650. The maximum atomic E-state index is 14.0. The maximum Gasteiger partial charge on any atom is 0.270 e. The molecule has 0 aliphatic carbocycles. The van der Waals surface area contributed by atoms with Crippen molar-refractivity contribution < 1.29 is 24.2 Å². The number of amides is 3. The number of phenols is 1. The fourth-order valence-corrected chi connectivity index (χ4v) is 4.35. The van der Waals surface area contributed by atoms with E-state index in [1.807, 2.05) is 20.8 Å². The average molecular weight is 526 g/mol. The third-order valence-electron chi connectivity index (χ3n) is 6.04. The van der Waals surface area contributed by atoms with Gasteiger partial charge >= 0.3 is 0 Å². The predicted octanol–water partition coefficient (Wildman–Crippen LogP) is 3.23. The van der Waals surface area contributed by atoms with Crippen molar-refractivity contribution in [1.29, 1.82) is 0 Å². The molecule has 0 saturated heterocycles. The van der Waals surface area contributed by atoms with Gasteiger partial charge < -0.3 is 31.5 Å². The van der Waals surface area contributed by atoms with Crippen LogP contribution in [0.1, 0.15) is 64.5 Å². The third-order valence-corrected chi connectivity index (χ3v) is 6.89. The molecule has 37 heavy (non-hydrogen) atoms. The Labute approximate surface area is 219 Å². The number of hydrogen-bond donors (Lipinski definition) is 4. The minimum absolute atomic E-state index is 0.00589. The summed E-state index contributed by atoms with van der Waals surface area (Å²) in [5, 5.41) is 12.9. The van der Waals surface area contributed by atoms with Crippen LogP contribution in [-0.2, 0) is 11.3 Å². The number of ether oxygens (including phenoxy) is 1. The van der Waals surface area contributed by atoms with Crippen molar-refractivity contribution in [3.05, 3.63) is 70.2 Å². The summed E-state index contributed by atoms with van der Waals surface area (Å²) in [4.78, 5) is 40.8. The van der Waals surface area contributed by atoms with E-state index in [-0.39, 0.29) is 28.6 Å². The number of anilines is 1. The van der Waals surface area contributed by atoms with Crippen molar-refractivity contribution in [2.45, 2.75) is 45.3 Å². The van der Waals surface area contributed by atoms with E-state index in [1.54, 1.807) is 43.5 Å². The molecule has 1 atom stereocenters. The Morgan fingerprint density at radius 1 is 1.14 bits per heavy atom. The number of methoxy groups -OCH3 is 1. The standard InChI is InChI=1S/C26H31N5O5S/c1-5-26(2,3)29-24(34)21(16-8-10-17(32)11-9-16)31(14-15-6-12-18(36-4)13-7-15)25(35)22-19(27)20(23(28)33)30-37-22/h6-13,21,32H,5,14,27H2,1-4H3,(H2,28,33)(H,29,34). The van der Waals surface area contributed by atoms with Crippen molar-refractivity contribution in [2.24, 2.45) is 5.73 Å². The molecule has 3 amide bonds. The number of hydrogen-bond acceptors (Lipinski definition) is 8. The van der Waals surface area contributed by atoms with Crippen LogP contribution >= 0.6 is 11.5 Å². The molecule has 3 rings (SSSR count). The first-order valence-electron chi connectivity index (χ1n) is 11.6. The predicted molar refractivity (Wildman–Crippen MR) is 141 cm³/mol. The summed E-state index contributed by atoms with van der Waals surface area (Å²) in [5.41, 5.74) is 11.7. The van der Waals surface area contributed by atoms with Gasteiger partial charge in [0.15, 0.2) is 5.69 Å². The summed E-state index contributed by atoms with van der Waals surface area (Å²) in [7, 11) is 1.55. The molecule has 0 aliphatic heterocycles. The van der Waals surface area contributed by atoms with Crippen LogP contribution in [-0.4, -0.2) is 44.8 Å². The van der Waals surface area contributed by atoms with Gasteiger partial charge in [0.25, 0.3) is 11.8 Å². The molecule has 0 bridgehead atoms. The molecule has 0 fully saturated rings. The Bertz CT molecular complexity index is 1270. The lowest BCUT2D eigenvalue weighted by molar-refractivity contribution is -0.127. The Morgan fingerprint density at radius 3 is 2.27 bits per heavy atom. The van der Waals surface area contributed by atoms with Gasteiger partial charge in [0.1, 0.15) is 22.4 Å². The van der Waals surface area contributed by atoms with Crippen LogP contribution in [0.3, 0.4) is 0 Å². The minimum atomic E-state index is -1.10. The summed E-state index contributed by atoms with van der Waals surface area (Å²) >= 11 is 0.743. The van der Waals surface area contributed by atoms with Crippen LogP contribution in [0.4, 0.5) is 5.69 Å². The second-order valence-electron chi connectivity index (χ2n) is 9.14. The van der Waals surface area contributed by atoms with Gasteiger partial charge in [-0.25, -0.2) is 0 Å². The quantitative estimate of drug-likeness (QED) is 0.316. The van der Waals surface area contributed by atoms with E-state index in [9.17, 15) is 19.5 Å². The Kier molecular flexibility index (Phi) is 8.38. The number of benzene rings is 2. The van der Waals surface area contributed by atoms with E-state index < -0.39 is 29.3 Å². The SMILES string of the molecule is CCC(C)(C)NC(=O)C(c1ccc(O)cc1)N(Cc1ccc(OC)cc1)C(=O)c1snc(C(N)=O)c1N. The van der Waals surface area contributed by atoms with Crippen molar-refractivity contribution in [1.82, 2.24) is 14.6 Å². The highest BCUT2D eigenvalue weighted by molar-refractivity contribution is 7.09. The number of phenolic OH excluding ortho intramolecular Hbond substituents is 1. The molecule has 11 heteroatoms. The van der Waals surface area contributed by atoms with Gasteiger partial charge in [0.05, 0.1) is 12.8 Å². The summed E-state index contributed by atoms with van der Waals surface area (Å²) in [6.45, 7) is 5.74. The van der Waals surface area contributed by atoms with E-state index in [4.69, 9.17) is 16.2 Å². The van der Waals surface area contributed by atoms with Gasteiger partial charge in [-0.2, -0.15) is 4.37 Å². The number of nitrogens with zero attached hydrogens (tertiary/aromatic N) is 2. The highest BCUT2D eigenvalue weighted by Gasteiger charge is 2.36. The maximum absolute atomic E-state index is 14.0. The van der Waals surface area contributed by atoms with Gasteiger partial charge in [-0.05, 0) is 67.2 Å². The van der Waals surface area contributed by atoms with E-state index in [0.717, 1.165) is 17.1 Å². The number of nitrogens with two attached hydrogens (primary N) is 2. The van der Waals surface area contributed by atoms with Crippen LogP contribution in [0.15, 0.2) is 48.5 Å². The Hall–Kier alpha value is -4.12. The smallest absolute Gasteiger partial charge is 0.270 e. The molecule has 10 nitrogen and oxygen atoms in total. The third kappa shape index (κ3) is 6.36. The first-order chi connectivity index (χ1) is 17.5. The molecule has 0 aliphatic rings. The summed E-state index contributed by atoms with van der Waals surface area (Å²) in [6, 6.07) is 12.0. The van der Waals surface area contributed by atoms with Crippen molar-refractivity contribution in [2.75, 3.05) is 12.8 Å². The topological polar surface area (TPSA) is 161 Å². The molecular weight excluding hydrogens is 494 g/mol. The van der Waals surface area contributed by atoms with Crippen LogP contribution in [0.5, 0.6) is 11.5 Å². The first kappa shape index (κ1) is 27.5. The second-order valence-corrected chi connectivity index (χ2v) is 9.91. The van der Waals surface area contributed by atoms with Gasteiger partial charge in [-0.3, -0.25) is 14.4 Å². The molecular formula is C26H31N5O5S. The van der Waals surface area contributed by atoms with E-state index in [2.05, 4.69) is 9.69 Å². The van der Waals surface area contributed by atoms with E-state index in [1.165, 1.54) is 17.0 Å². The molecule has 0 saturated carbocycles. The van der Waals surface area contributed by atoms with Crippen molar-refractivity contribution >= 4 is 34.9 Å². The lowest BCUT2D eigenvalue weighted by Gasteiger charge is -2.34.